The van der Waals surface area contributed by atoms with Gasteiger partial charge in [-0.05, 0) is 13.8 Å². The fraction of sp³-hybridized carbons (Fsp3) is 0.600. The standard InChI is InChI=1S/C10H15N5OS/c1-10(2,6-11)5-7-13-14-9(17-7)15(4)8(16)12-3/h5H2,1-4H3,(H,12,16). The van der Waals surface area contributed by atoms with Crippen molar-refractivity contribution < 1.29 is 4.79 Å². The van der Waals surface area contributed by atoms with Crippen LogP contribution in [0.15, 0.2) is 0 Å². The summed E-state index contributed by atoms with van der Waals surface area (Å²) in [4.78, 5) is 12.8. The Kier molecular flexibility index (Phi) is 4.02. The molecule has 1 rings (SSSR count). The molecule has 92 valence electrons. The summed E-state index contributed by atoms with van der Waals surface area (Å²) < 4.78 is 0. The van der Waals surface area contributed by atoms with Crippen LogP contribution in [0.5, 0.6) is 0 Å². The van der Waals surface area contributed by atoms with Gasteiger partial charge in [0.15, 0.2) is 0 Å². The minimum atomic E-state index is -0.470. The van der Waals surface area contributed by atoms with E-state index in [1.54, 1.807) is 14.1 Å². The zero-order chi connectivity index (χ0) is 13.1. The molecule has 0 saturated heterocycles. The van der Waals surface area contributed by atoms with Crippen molar-refractivity contribution in [1.82, 2.24) is 15.5 Å². The first-order chi connectivity index (χ1) is 7.89. The molecular formula is C10H15N5OS. The van der Waals surface area contributed by atoms with Gasteiger partial charge < -0.3 is 5.32 Å². The van der Waals surface area contributed by atoms with Crippen LogP contribution in [0, 0.1) is 16.7 Å². The fourth-order valence-electron chi connectivity index (χ4n) is 1.12. The molecule has 1 heterocycles. The number of nitrogens with one attached hydrogen (secondary N) is 1. The molecule has 1 aromatic heterocycles. The maximum atomic E-state index is 11.4. The Bertz CT molecular complexity index is 448. The van der Waals surface area contributed by atoms with Gasteiger partial charge in [-0.3, -0.25) is 4.90 Å². The number of carbonyl (C=O) groups excluding carboxylic acids is 1. The quantitative estimate of drug-likeness (QED) is 0.882. The van der Waals surface area contributed by atoms with Crippen molar-refractivity contribution in [2.24, 2.45) is 5.41 Å². The Balaban J connectivity index is 2.79. The summed E-state index contributed by atoms with van der Waals surface area (Å²) in [6.45, 7) is 3.69. The van der Waals surface area contributed by atoms with Gasteiger partial charge in [-0.2, -0.15) is 5.26 Å². The second kappa shape index (κ2) is 5.10. The Morgan fingerprint density at radius 1 is 1.59 bits per heavy atom. The highest BCUT2D eigenvalue weighted by atomic mass is 32.1. The number of nitriles is 1. The topological polar surface area (TPSA) is 81.9 Å². The van der Waals surface area contributed by atoms with Crippen LogP contribution in [0.1, 0.15) is 18.9 Å². The smallest absolute Gasteiger partial charge is 0.323 e. The van der Waals surface area contributed by atoms with E-state index in [0.29, 0.717) is 11.6 Å². The predicted octanol–water partition coefficient (Wildman–Crippen LogP) is 1.41. The van der Waals surface area contributed by atoms with Gasteiger partial charge in [0.1, 0.15) is 5.01 Å². The van der Waals surface area contributed by atoms with Crippen molar-refractivity contribution in [1.29, 1.82) is 5.26 Å². The van der Waals surface area contributed by atoms with E-state index in [4.69, 9.17) is 5.26 Å². The van der Waals surface area contributed by atoms with E-state index >= 15 is 0 Å². The average molecular weight is 253 g/mol. The molecule has 0 aliphatic heterocycles. The van der Waals surface area contributed by atoms with E-state index < -0.39 is 5.41 Å². The van der Waals surface area contributed by atoms with Gasteiger partial charge in [0, 0.05) is 20.5 Å². The first kappa shape index (κ1) is 13.4. The van der Waals surface area contributed by atoms with Crippen LogP contribution in [0.4, 0.5) is 9.93 Å². The third-order valence-electron chi connectivity index (χ3n) is 2.16. The predicted molar refractivity (Wildman–Crippen MR) is 65.9 cm³/mol. The van der Waals surface area contributed by atoms with Gasteiger partial charge in [-0.25, -0.2) is 4.79 Å². The third kappa shape index (κ3) is 3.39. The number of nitrogens with zero attached hydrogens (tertiary/aromatic N) is 4. The van der Waals surface area contributed by atoms with Gasteiger partial charge in [0.25, 0.3) is 0 Å². The SMILES string of the molecule is CNC(=O)N(C)c1nnc(CC(C)(C)C#N)s1. The molecule has 7 heteroatoms. The zero-order valence-electron chi connectivity index (χ0n) is 10.3. The number of urea groups is 1. The molecule has 2 amide bonds. The molecule has 1 N–H and O–H groups in total. The van der Waals surface area contributed by atoms with Gasteiger partial charge >= 0.3 is 6.03 Å². The van der Waals surface area contributed by atoms with Crippen LogP contribution in [0.2, 0.25) is 0 Å². The first-order valence-electron chi connectivity index (χ1n) is 5.08. The Hall–Kier alpha value is -1.68. The number of carbonyl (C=O) groups is 1. The Labute approximate surface area is 104 Å². The summed E-state index contributed by atoms with van der Waals surface area (Å²) in [5, 5.41) is 20.6. The Morgan fingerprint density at radius 2 is 2.24 bits per heavy atom. The second-order valence-corrected chi connectivity index (χ2v) is 5.31. The molecular weight excluding hydrogens is 238 g/mol. The summed E-state index contributed by atoms with van der Waals surface area (Å²) in [6.07, 6.45) is 0.531. The molecule has 0 atom stereocenters. The largest absolute Gasteiger partial charge is 0.341 e. The zero-order valence-corrected chi connectivity index (χ0v) is 11.1. The van der Waals surface area contributed by atoms with E-state index in [1.807, 2.05) is 13.8 Å². The van der Waals surface area contributed by atoms with Crippen molar-refractivity contribution in [2.45, 2.75) is 20.3 Å². The molecule has 0 aliphatic carbocycles. The summed E-state index contributed by atoms with van der Waals surface area (Å²) >= 11 is 1.32. The molecule has 0 saturated carbocycles. The maximum absolute atomic E-state index is 11.4. The minimum Gasteiger partial charge on any atom is -0.341 e. The van der Waals surface area contributed by atoms with E-state index in [0.717, 1.165) is 5.01 Å². The summed E-state index contributed by atoms with van der Waals surface area (Å²) in [7, 11) is 3.18. The van der Waals surface area contributed by atoms with Crippen molar-refractivity contribution in [3.05, 3.63) is 5.01 Å². The normalized spacial score (nSPS) is 10.8. The van der Waals surface area contributed by atoms with Crippen LogP contribution in [0.3, 0.4) is 0 Å². The van der Waals surface area contributed by atoms with Crippen molar-refractivity contribution in [3.63, 3.8) is 0 Å². The lowest BCUT2D eigenvalue weighted by Gasteiger charge is -2.12. The van der Waals surface area contributed by atoms with Crippen molar-refractivity contribution >= 4 is 22.5 Å². The first-order valence-corrected chi connectivity index (χ1v) is 5.90. The number of amides is 2. The number of hydrogen-bond donors (Lipinski definition) is 1. The lowest BCUT2D eigenvalue weighted by atomic mass is 9.92. The van der Waals surface area contributed by atoms with Gasteiger partial charge in [0.2, 0.25) is 5.13 Å². The van der Waals surface area contributed by atoms with Gasteiger partial charge in [-0.1, -0.05) is 11.3 Å². The van der Waals surface area contributed by atoms with Crippen LogP contribution < -0.4 is 10.2 Å². The highest BCUT2D eigenvalue weighted by Crippen LogP contribution is 2.26. The second-order valence-electron chi connectivity index (χ2n) is 4.27. The van der Waals surface area contributed by atoms with Crippen LogP contribution in [-0.2, 0) is 6.42 Å². The molecule has 0 unspecified atom stereocenters. The summed E-state index contributed by atoms with van der Waals surface area (Å²) in [6, 6.07) is 1.96. The molecule has 0 aliphatic rings. The van der Waals surface area contributed by atoms with Crippen molar-refractivity contribution in [2.75, 3.05) is 19.0 Å². The average Bonchev–Trinajstić information content (AvgIpc) is 2.74. The van der Waals surface area contributed by atoms with E-state index in [2.05, 4.69) is 21.6 Å². The fourth-order valence-corrected chi connectivity index (χ4v) is 2.15. The molecule has 1 aromatic rings. The number of anilines is 1. The lowest BCUT2D eigenvalue weighted by molar-refractivity contribution is 0.249. The molecule has 0 bridgehead atoms. The molecule has 0 fully saturated rings. The maximum Gasteiger partial charge on any atom is 0.323 e. The lowest BCUT2D eigenvalue weighted by Crippen LogP contribution is -2.34. The number of hydrogen-bond acceptors (Lipinski definition) is 5. The minimum absolute atomic E-state index is 0.243. The molecule has 6 nitrogen and oxygen atoms in total. The molecule has 0 aromatic carbocycles. The van der Waals surface area contributed by atoms with Crippen LogP contribution in [-0.4, -0.2) is 30.3 Å². The van der Waals surface area contributed by atoms with Crippen molar-refractivity contribution in [3.8, 4) is 6.07 Å². The van der Waals surface area contributed by atoms with Crippen LogP contribution in [0.25, 0.3) is 0 Å². The Morgan fingerprint density at radius 3 is 2.76 bits per heavy atom. The number of aromatic nitrogens is 2. The molecule has 0 radical (unpaired) electrons. The van der Waals surface area contributed by atoms with E-state index in [9.17, 15) is 4.79 Å². The highest BCUT2D eigenvalue weighted by Gasteiger charge is 2.21. The molecule has 0 spiro atoms. The highest BCUT2D eigenvalue weighted by molar-refractivity contribution is 7.15. The third-order valence-corrected chi connectivity index (χ3v) is 3.16. The van der Waals surface area contributed by atoms with Crippen LogP contribution >= 0.6 is 11.3 Å². The summed E-state index contributed by atoms with van der Waals surface area (Å²) in [5.41, 5.74) is -0.470. The van der Waals surface area contributed by atoms with Gasteiger partial charge in [0.05, 0.1) is 11.5 Å². The molecule has 17 heavy (non-hydrogen) atoms. The summed E-state index contributed by atoms with van der Waals surface area (Å²) in [5.74, 6) is 0. The number of rotatable bonds is 3. The van der Waals surface area contributed by atoms with Gasteiger partial charge in [-0.15, -0.1) is 10.2 Å². The van der Waals surface area contributed by atoms with E-state index in [1.165, 1.54) is 16.2 Å². The monoisotopic (exact) mass is 253 g/mol. The van der Waals surface area contributed by atoms with E-state index in [-0.39, 0.29) is 6.03 Å².